The summed E-state index contributed by atoms with van der Waals surface area (Å²) in [5, 5.41) is 12.3. The summed E-state index contributed by atoms with van der Waals surface area (Å²) in [6, 6.07) is 27.5. The molecule has 3 aromatic carbocycles. The van der Waals surface area contributed by atoms with Crippen molar-refractivity contribution in [3.8, 4) is 11.4 Å². The van der Waals surface area contributed by atoms with Gasteiger partial charge in [0.1, 0.15) is 5.75 Å². The lowest BCUT2D eigenvalue weighted by Crippen LogP contribution is -2.35. The van der Waals surface area contributed by atoms with Crippen LogP contribution in [-0.2, 0) is 17.9 Å². The van der Waals surface area contributed by atoms with Crippen molar-refractivity contribution in [1.82, 2.24) is 25.1 Å². The molecule has 168 valence electrons. The molecule has 0 saturated carbocycles. The SMILES string of the molecule is COc1ccc(-n2nnnc2SC(C)C(=O)N(Cc2ccccc2)Cc2ccccc2)cc1. The highest BCUT2D eigenvalue weighted by Crippen LogP contribution is 2.26. The van der Waals surface area contributed by atoms with Gasteiger partial charge in [-0.25, -0.2) is 0 Å². The number of hydrogen-bond donors (Lipinski definition) is 0. The molecule has 1 atom stereocenters. The van der Waals surface area contributed by atoms with Crippen LogP contribution in [0.15, 0.2) is 90.1 Å². The molecule has 33 heavy (non-hydrogen) atoms. The van der Waals surface area contributed by atoms with E-state index in [0.717, 1.165) is 22.6 Å². The van der Waals surface area contributed by atoms with Gasteiger partial charge in [0.25, 0.3) is 0 Å². The van der Waals surface area contributed by atoms with Crippen molar-refractivity contribution >= 4 is 17.7 Å². The van der Waals surface area contributed by atoms with Gasteiger partial charge in [0.05, 0.1) is 18.0 Å². The van der Waals surface area contributed by atoms with E-state index in [2.05, 4.69) is 15.5 Å². The Morgan fingerprint density at radius 2 is 1.52 bits per heavy atom. The molecular weight excluding hydrogens is 434 g/mol. The summed E-state index contributed by atoms with van der Waals surface area (Å²) >= 11 is 1.34. The Morgan fingerprint density at radius 3 is 2.06 bits per heavy atom. The van der Waals surface area contributed by atoms with E-state index in [0.29, 0.717) is 18.2 Å². The average Bonchev–Trinajstić information content (AvgIpc) is 3.32. The third-order valence-corrected chi connectivity index (χ3v) is 6.15. The highest BCUT2D eigenvalue weighted by Gasteiger charge is 2.24. The summed E-state index contributed by atoms with van der Waals surface area (Å²) in [6.45, 7) is 2.95. The predicted molar refractivity (Wildman–Crippen MR) is 128 cm³/mol. The van der Waals surface area contributed by atoms with Gasteiger partial charge in [0, 0.05) is 13.1 Å². The van der Waals surface area contributed by atoms with Crippen LogP contribution in [0.4, 0.5) is 0 Å². The minimum atomic E-state index is -0.375. The topological polar surface area (TPSA) is 73.1 Å². The normalized spacial score (nSPS) is 11.7. The summed E-state index contributed by atoms with van der Waals surface area (Å²) in [5.41, 5.74) is 2.97. The van der Waals surface area contributed by atoms with Crippen LogP contribution in [-0.4, -0.2) is 43.4 Å². The molecule has 4 aromatic rings. The van der Waals surface area contributed by atoms with E-state index in [9.17, 15) is 4.79 Å². The van der Waals surface area contributed by atoms with E-state index >= 15 is 0 Å². The molecule has 1 amide bonds. The molecule has 7 nitrogen and oxygen atoms in total. The average molecular weight is 460 g/mol. The van der Waals surface area contributed by atoms with Gasteiger partial charge in [0.15, 0.2) is 0 Å². The van der Waals surface area contributed by atoms with Crippen LogP contribution in [0.1, 0.15) is 18.1 Å². The number of thioether (sulfide) groups is 1. The Bertz CT molecular complexity index is 1120. The first-order valence-electron chi connectivity index (χ1n) is 10.6. The first-order valence-corrected chi connectivity index (χ1v) is 11.5. The number of methoxy groups -OCH3 is 1. The number of tetrazole rings is 1. The fourth-order valence-electron chi connectivity index (χ4n) is 3.42. The molecule has 0 saturated heterocycles. The second-order valence-electron chi connectivity index (χ2n) is 7.50. The van der Waals surface area contributed by atoms with Crippen molar-refractivity contribution in [3.63, 3.8) is 0 Å². The zero-order chi connectivity index (χ0) is 23.0. The largest absolute Gasteiger partial charge is 0.497 e. The van der Waals surface area contributed by atoms with Crippen LogP contribution >= 0.6 is 11.8 Å². The Balaban J connectivity index is 1.52. The van der Waals surface area contributed by atoms with Gasteiger partial charge in [-0.2, -0.15) is 4.68 Å². The fourth-order valence-corrected chi connectivity index (χ4v) is 4.31. The second-order valence-corrected chi connectivity index (χ2v) is 8.80. The lowest BCUT2D eigenvalue weighted by Gasteiger charge is -2.26. The van der Waals surface area contributed by atoms with Crippen molar-refractivity contribution in [1.29, 1.82) is 0 Å². The Morgan fingerprint density at radius 1 is 0.939 bits per heavy atom. The fraction of sp³-hybridized carbons (Fsp3) is 0.200. The molecule has 1 unspecified atom stereocenters. The van der Waals surface area contributed by atoms with Crippen molar-refractivity contribution in [2.75, 3.05) is 7.11 Å². The van der Waals surface area contributed by atoms with Crippen molar-refractivity contribution < 1.29 is 9.53 Å². The number of benzene rings is 3. The van der Waals surface area contributed by atoms with Crippen LogP contribution < -0.4 is 4.74 Å². The maximum atomic E-state index is 13.5. The molecular formula is C25H25N5O2S. The zero-order valence-electron chi connectivity index (χ0n) is 18.5. The zero-order valence-corrected chi connectivity index (χ0v) is 19.4. The first kappa shape index (κ1) is 22.5. The Kier molecular flexibility index (Phi) is 7.36. The van der Waals surface area contributed by atoms with Gasteiger partial charge in [0.2, 0.25) is 11.1 Å². The van der Waals surface area contributed by atoms with Crippen molar-refractivity contribution in [2.24, 2.45) is 0 Å². The van der Waals surface area contributed by atoms with Gasteiger partial charge >= 0.3 is 0 Å². The number of hydrogen-bond acceptors (Lipinski definition) is 6. The van der Waals surface area contributed by atoms with E-state index in [-0.39, 0.29) is 11.2 Å². The van der Waals surface area contributed by atoms with Crippen LogP contribution in [0, 0.1) is 0 Å². The quantitative estimate of drug-likeness (QED) is 0.346. The van der Waals surface area contributed by atoms with E-state index in [1.165, 1.54) is 11.8 Å². The highest BCUT2D eigenvalue weighted by molar-refractivity contribution is 8.00. The molecule has 4 rings (SSSR count). The summed E-state index contributed by atoms with van der Waals surface area (Å²) < 4.78 is 6.85. The summed E-state index contributed by atoms with van der Waals surface area (Å²) in [4.78, 5) is 15.4. The molecule has 0 N–H and O–H groups in total. The van der Waals surface area contributed by atoms with Gasteiger partial charge in [-0.1, -0.05) is 72.4 Å². The molecule has 0 aliphatic carbocycles. The van der Waals surface area contributed by atoms with Gasteiger partial charge in [-0.3, -0.25) is 4.79 Å². The molecule has 1 aromatic heterocycles. The first-order chi connectivity index (χ1) is 16.1. The van der Waals surface area contributed by atoms with Crippen molar-refractivity contribution in [3.05, 3.63) is 96.1 Å². The molecule has 1 heterocycles. The molecule has 0 bridgehead atoms. The number of carbonyl (C=O) groups excluding carboxylic acids is 1. The number of nitrogens with zero attached hydrogens (tertiary/aromatic N) is 5. The maximum absolute atomic E-state index is 13.5. The van der Waals surface area contributed by atoms with Crippen LogP contribution in [0.3, 0.4) is 0 Å². The van der Waals surface area contributed by atoms with E-state index in [4.69, 9.17) is 4.74 Å². The summed E-state index contributed by atoms with van der Waals surface area (Å²) in [5.74, 6) is 0.777. The predicted octanol–water partition coefficient (Wildman–Crippen LogP) is 4.38. The van der Waals surface area contributed by atoms with Crippen LogP contribution in [0.25, 0.3) is 5.69 Å². The lowest BCUT2D eigenvalue weighted by molar-refractivity contribution is -0.131. The smallest absolute Gasteiger partial charge is 0.236 e. The number of carbonyl (C=O) groups is 1. The molecule has 8 heteroatoms. The highest BCUT2D eigenvalue weighted by atomic mass is 32.2. The van der Waals surface area contributed by atoms with E-state index < -0.39 is 0 Å². The third-order valence-electron chi connectivity index (χ3n) is 5.13. The van der Waals surface area contributed by atoms with Crippen molar-refractivity contribution in [2.45, 2.75) is 30.4 Å². The molecule has 0 spiro atoms. The van der Waals surface area contributed by atoms with Crippen LogP contribution in [0.2, 0.25) is 0 Å². The minimum absolute atomic E-state index is 0.0250. The second kappa shape index (κ2) is 10.8. The summed E-state index contributed by atoms with van der Waals surface area (Å²) in [6.07, 6.45) is 0. The number of rotatable bonds is 9. The van der Waals surface area contributed by atoms with Crippen LogP contribution in [0.5, 0.6) is 5.75 Å². The number of aromatic nitrogens is 4. The number of ether oxygens (including phenoxy) is 1. The third kappa shape index (κ3) is 5.78. The van der Waals surface area contributed by atoms with Gasteiger partial charge in [-0.05, 0) is 52.7 Å². The standard InChI is InChI=1S/C25H25N5O2S/c1-19(33-25-26-27-28-30(25)22-13-15-23(32-2)16-14-22)24(31)29(17-20-9-5-3-6-10-20)18-21-11-7-4-8-12-21/h3-16,19H,17-18H2,1-2H3. The van der Waals surface area contributed by atoms with Gasteiger partial charge in [-0.15, -0.1) is 5.10 Å². The molecule has 0 radical (unpaired) electrons. The Labute approximate surface area is 197 Å². The maximum Gasteiger partial charge on any atom is 0.236 e. The summed E-state index contributed by atoms with van der Waals surface area (Å²) in [7, 11) is 1.62. The monoisotopic (exact) mass is 459 g/mol. The van der Waals surface area contributed by atoms with Gasteiger partial charge < -0.3 is 9.64 Å². The molecule has 0 fully saturated rings. The lowest BCUT2D eigenvalue weighted by atomic mass is 10.1. The van der Waals surface area contributed by atoms with E-state index in [1.54, 1.807) is 11.8 Å². The molecule has 0 aliphatic heterocycles. The number of amides is 1. The Hall–Kier alpha value is -3.65. The molecule has 0 aliphatic rings. The van der Waals surface area contributed by atoms with E-state index in [1.807, 2.05) is 96.8 Å². The minimum Gasteiger partial charge on any atom is -0.497 e.